The molecule has 0 aliphatic rings. The van der Waals surface area contributed by atoms with E-state index in [4.69, 9.17) is 0 Å². The molecule has 1 unspecified atom stereocenters. The summed E-state index contributed by atoms with van der Waals surface area (Å²) in [7, 11) is 1.89. The number of H-pyrrole nitrogens is 1. The van der Waals surface area contributed by atoms with E-state index in [2.05, 4.69) is 15.3 Å². The summed E-state index contributed by atoms with van der Waals surface area (Å²) in [5.41, 5.74) is 2.80. The second-order valence-electron chi connectivity index (χ2n) is 4.16. The molecule has 17 heavy (non-hydrogen) atoms. The van der Waals surface area contributed by atoms with Crippen molar-refractivity contribution in [2.24, 2.45) is 0 Å². The number of aromatic nitrogens is 2. The first-order chi connectivity index (χ1) is 8.11. The Hall–Kier alpha value is -1.68. The molecule has 1 heterocycles. The number of nitrogens with one attached hydrogen (secondary N) is 2. The van der Waals surface area contributed by atoms with Crippen LogP contribution < -0.4 is 5.32 Å². The van der Waals surface area contributed by atoms with Gasteiger partial charge in [-0.1, -0.05) is 6.07 Å². The molecule has 1 aromatic carbocycles. The molecule has 4 heteroatoms. The Morgan fingerprint density at radius 1 is 1.41 bits per heavy atom. The average Bonchev–Trinajstić information content (AvgIpc) is 2.80. The SMILES string of the molecule is CNC(C)c1cnc(-c2cc(F)ccc2C)[nH]1. The monoisotopic (exact) mass is 233 g/mol. The van der Waals surface area contributed by atoms with Crippen molar-refractivity contribution < 1.29 is 4.39 Å². The topological polar surface area (TPSA) is 40.7 Å². The molecule has 1 atom stereocenters. The van der Waals surface area contributed by atoms with Crippen LogP contribution in [0.3, 0.4) is 0 Å². The molecule has 0 saturated heterocycles. The molecule has 0 spiro atoms. The van der Waals surface area contributed by atoms with Crippen molar-refractivity contribution in [3.63, 3.8) is 0 Å². The van der Waals surface area contributed by atoms with Gasteiger partial charge in [-0.05, 0) is 38.6 Å². The Morgan fingerprint density at radius 2 is 2.18 bits per heavy atom. The summed E-state index contributed by atoms with van der Waals surface area (Å²) in [6, 6.07) is 4.92. The Morgan fingerprint density at radius 3 is 2.88 bits per heavy atom. The number of halogens is 1. The molecule has 0 fully saturated rings. The maximum Gasteiger partial charge on any atom is 0.137 e. The third-order valence-corrected chi connectivity index (χ3v) is 2.95. The number of hydrogen-bond acceptors (Lipinski definition) is 2. The summed E-state index contributed by atoms with van der Waals surface area (Å²) in [6.45, 7) is 3.98. The van der Waals surface area contributed by atoms with E-state index in [-0.39, 0.29) is 11.9 Å². The van der Waals surface area contributed by atoms with Crippen LogP contribution in [0, 0.1) is 12.7 Å². The number of imidazole rings is 1. The molecule has 3 nitrogen and oxygen atoms in total. The highest BCUT2D eigenvalue weighted by Crippen LogP contribution is 2.22. The molecule has 0 aliphatic heterocycles. The van der Waals surface area contributed by atoms with Crippen LogP contribution in [0.4, 0.5) is 4.39 Å². The lowest BCUT2D eigenvalue weighted by molar-refractivity contribution is 0.627. The zero-order chi connectivity index (χ0) is 12.4. The van der Waals surface area contributed by atoms with Crippen LogP contribution in [0.1, 0.15) is 24.2 Å². The number of benzene rings is 1. The fourth-order valence-electron chi connectivity index (χ4n) is 1.70. The number of nitrogens with zero attached hydrogens (tertiary/aromatic N) is 1. The van der Waals surface area contributed by atoms with Crippen molar-refractivity contribution in [2.75, 3.05) is 7.05 Å². The lowest BCUT2D eigenvalue weighted by Crippen LogP contribution is -2.12. The van der Waals surface area contributed by atoms with Gasteiger partial charge in [0.05, 0.1) is 11.9 Å². The summed E-state index contributed by atoms with van der Waals surface area (Å²) < 4.78 is 13.2. The maximum absolute atomic E-state index is 13.2. The molecule has 0 bridgehead atoms. The minimum Gasteiger partial charge on any atom is -0.341 e. The van der Waals surface area contributed by atoms with Crippen LogP contribution in [0.2, 0.25) is 0 Å². The molecule has 0 radical (unpaired) electrons. The quantitative estimate of drug-likeness (QED) is 0.855. The van der Waals surface area contributed by atoms with E-state index in [0.29, 0.717) is 5.82 Å². The van der Waals surface area contributed by atoms with Crippen LogP contribution in [0.25, 0.3) is 11.4 Å². The molecular formula is C13H16FN3. The number of aryl methyl sites for hydroxylation is 1. The molecule has 2 N–H and O–H groups in total. The predicted octanol–water partition coefficient (Wildman–Crippen LogP) is 2.80. The highest BCUT2D eigenvalue weighted by Gasteiger charge is 2.10. The molecule has 90 valence electrons. The number of aromatic amines is 1. The zero-order valence-electron chi connectivity index (χ0n) is 10.2. The zero-order valence-corrected chi connectivity index (χ0v) is 10.2. The standard InChI is InChI=1S/C13H16FN3/c1-8-4-5-10(14)6-11(8)13-16-7-12(17-13)9(2)15-3/h4-7,9,15H,1-3H3,(H,16,17). The third-order valence-electron chi connectivity index (χ3n) is 2.95. The molecule has 2 rings (SSSR count). The molecular weight excluding hydrogens is 217 g/mol. The highest BCUT2D eigenvalue weighted by atomic mass is 19.1. The molecule has 0 amide bonds. The van der Waals surface area contributed by atoms with E-state index in [1.165, 1.54) is 12.1 Å². The second-order valence-corrected chi connectivity index (χ2v) is 4.16. The summed E-state index contributed by atoms with van der Waals surface area (Å²) in [6.07, 6.45) is 1.78. The van der Waals surface area contributed by atoms with Crippen molar-refractivity contribution in [3.05, 3.63) is 41.5 Å². The predicted molar refractivity (Wildman–Crippen MR) is 66.2 cm³/mol. The van der Waals surface area contributed by atoms with E-state index in [0.717, 1.165) is 16.8 Å². The fourth-order valence-corrected chi connectivity index (χ4v) is 1.70. The van der Waals surface area contributed by atoms with Crippen molar-refractivity contribution in [1.82, 2.24) is 15.3 Å². The van der Waals surface area contributed by atoms with Gasteiger partial charge in [0, 0.05) is 11.6 Å². The minimum absolute atomic E-state index is 0.199. The third kappa shape index (κ3) is 2.36. The van der Waals surface area contributed by atoms with E-state index in [1.807, 2.05) is 20.9 Å². The first-order valence-electron chi connectivity index (χ1n) is 5.60. The Labute approximate surface area is 100 Å². The smallest absolute Gasteiger partial charge is 0.137 e. The first kappa shape index (κ1) is 11.8. The number of hydrogen-bond donors (Lipinski definition) is 2. The van der Waals surface area contributed by atoms with Gasteiger partial charge >= 0.3 is 0 Å². The lowest BCUT2D eigenvalue weighted by Gasteiger charge is -2.06. The highest BCUT2D eigenvalue weighted by molar-refractivity contribution is 5.60. The molecule has 2 aromatic rings. The van der Waals surface area contributed by atoms with Gasteiger partial charge in [-0.25, -0.2) is 9.37 Å². The van der Waals surface area contributed by atoms with E-state index in [1.54, 1.807) is 12.3 Å². The fraction of sp³-hybridized carbons (Fsp3) is 0.308. The van der Waals surface area contributed by atoms with Crippen molar-refractivity contribution >= 4 is 0 Å². The van der Waals surface area contributed by atoms with Gasteiger partial charge in [0.1, 0.15) is 11.6 Å². The summed E-state index contributed by atoms with van der Waals surface area (Å²) in [5, 5.41) is 3.13. The van der Waals surface area contributed by atoms with Crippen LogP contribution in [-0.4, -0.2) is 17.0 Å². The van der Waals surface area contributed by atoms with Crippen molar-refractivity contribution in [1.29, 1.82) is 0 Å². The number of rotatable bonds is 3. The summed E-state index contributed by atoms with van der Waals surface area (Å²) in [4.78, 5) is 7.50. The van der Waals surface area contributed by atoms with Gasteiger partial charge in [0.15, 0.2) is 0 Å². The van der Waals surface area contributed by atoms with Crippen LogP contribution in [0.5, 0.6) is 0 Å². The van der Waals surface area contributed by atoms with E-state index in [9.17, 15) is 4.39 Å². The van der Waals surface area contributed by atoms with Gasteiger partial charge < -0.3 is 10.3 Å². The second kappa shape index (κ2) is 4.67. The van der Waals surface area contributed by atoms with Crippen LogP contribution in [0.15, 0.2) is 24.4 Å². The Kier molecular flexibility index (Phi) is 3.24. The molecule has 0 aliphatic carbocycles. The van der Waals surface area contributed by atoms with Gasteiger partial charge in [-0.2, -0.15) is 0 Å². The average molecular weight is 233 g/mol. The van der Waals surface area contributed by atoms with Gasteiger partial charge in [0.2, 0.25) is 0 Å². The summed E-state index contributed by atoms with van der Waals surface area (Å²) in [5.74, 6) is 0.462. The van der Waals surface area contributed by atoms with Crippen LogP contribution >= 0.6 is 0 Å². The van der Waals surface area contributed by atoms with E-state index < -0.39 is 0 Å². The first-order valence-corrected chi connectivity index (χ1v) is 5.60. The van der Waals surface area contributed by atoms with Gasteiger partial charge in [0.25, 0.3) is 0 Å². The van der Waals surface area contributed by atoms with Gasteiger partial charge in [-0.15, -0.1) is 0 Å². The normalized spacial score (nSPS) is 12.7. The Bertz CT molecular complexity index is 519. The summed E-state index contributed by atoms with van der Waals surface area (Å²) >= 11 is 0. The lowest BCUT2D eigenvalue weighted by atomic mass is 10.1. The maximum atomic E-state index is 13.2. The van der Waals surface area contributed by atoms with E-state index >= 15 is 0 Å². The molecule has 1 aromatic heterocycles. The largest absolute Gasteiger partial charge is 0.341 e. The molecule has 0 saturated carbocycles. The van der Waals surface area contributed by atoms with Gasteiger partial charge in [-0.3, -0.25) is 0 Å². The minimum atomic E-state index is -0.245. The van der Waals surface area contributed by atoms with Crippen LogP contribution in [-0.2, 0) is 0 Å². The van der Waals surface area contributed by atoms with Crippen molar-refractivity contribution in [2.45, 2.75) is 19.9 Å². The Balaban J connectivity index is 2.40. The van der Waals surface area contributed by atoms with Crippen molar-refractivity contribution in [3.8, 4) is 11.4 Å².